The van der Waals surface area contributed by atoms with E-state index in [0.717, 1.165) is 63.5 Å². The van der Waals surface area contributed by atoms with Crippen molar-refractivity contribution in [1.29, 1.82) is 0 Å². The Bertz CT molecular complexity index is 1270. The summed E-state index contributed by atoms with van der Waals surface area (Å²) in [6.45, 7) is 15.0. The van der Waals surface area contributed by atoms with Crippen molar-refractivity contribution in [3.05, 3.63) is 58.7 Å². The van der Waals surface area contributed by atoms with Crippen LogP contribution in [0.1, 0.15) is 129 Å². The molecule has 4 aliphatic carbocycles. The molecule has 0 aliphatic heterocycles. The molecule has 4 unspecified atom stereocenters. The number of nitrogen functional groups attached to an aromatic ring is 1. The topological polar surface area (TPSA) is 92.4 Å². The standard InChI is InChI=1S/C19H27NO.C18H25NO2.C2H6/c1-4-17(21)19(3)11-5-10-18(2)15-12-14(20)8-6-13(15)7-9-16(18)19;1-17-9-4-10-18(2,16(21)19-3)15(17)8-6-12-5-7-13(20)11-14(12)17;1-2/h6,8,12,16H,4-5,7,9-11,20H2,1-3H3;5,7,11,15,20H,4,6,8-10H2,1-3H3,(H,19,21);1-2H3/t16?,18?,19-;15?,17?,18-;/m00./s1. The number of rotatable bonds is 3. The number of aryl methyl sites for hydroxylation is 2. The molecule has 242 valence electrons. The van der Waals surface area contributed by atoms with Crippen molar-refractivity contribution in [2.45, 2.75) is 130 Å². The number of hydrogen-bond donors (Lipinski definition) is 3. The largest absolute Gasteiger partial charge is 0.508 e. The van der Waals surface area contributed by atoms with Gasteiger partial charge in [-0.2, -0.15) is 0 Å². The number of aromatic hydroxyl groups is 1. The number of benzene rings is 2. The van der Waals surface area contributed by atoms with Gasteiger partial charge in [0.1, 0.15) is 11.5 Å². The van der Waals surface area contributed by atoms with Crippen molar-refractivity contribution in [2.24, 2.45) is 22.7 Å². The van der Waals surface area contributed by atoms with Gasteiger partial charge in [-0.05, 0) is 121 Å². The molecule has 44 heavy (non-hydrogen) atoms. The van der Waals surface area contributed by atoms with Crippen LogP contribution in [0.5, 0.6) is 5.75 Å². The number of fused-ring (bicyclic) bond motifs is 6. The normalized spacial score (nSPS) is 33.4. The zero-order valence-corrected chi connectivity index (χ0v) is 28.7. The first kappa shape index (κ1) is 34.1. The van der Waals surface area contributed by atoms with Gasteiger partial charge in [0.15, 0.2) is 0 Å². The van der Waals surface area contributed by atoms with E-state index < -0.39 is 0 Å². The van der Waals surface area contributed by atoms with E-state index in [-0.39, 0.29) is 27.6 Å². The molecule has 0 saturated heterocycles. The fourth-order valence-electron chi connectivity index (χ4n) is 10.2. The van der Waals surface area contributed by atoms with Crippen LogP contribution in [0, 0.1) is 22.7 Å². The van der Waals surface area contributed by atoms with E-state index in [2.05, 4.69) is 51.2 Å². The van der Waals surface area contributed by atoms with Gasteiger partial charge in [-0.3, -0.25) is 9.59 Å². The molecular weight excluding hydrogens is 544 g/mol. The van der Waals surface area contributed by atoms with Crippen LogP contribution in [0.15, 0.2) is 36.4 Å². The summed E-state index contributed by atoms with van der Waals surface area (Å²) in [5.74, 6) is 1.75. The highest BCUT2D eigenvalue weighted by atomic mass is 16.3. The first-order chi connectivity index (χ1) is 20.8. The van der Waals surface area contributed by atoms with Crippen molar-refractivity contribution >= 4 is 17.4 Å². The summed E-state index contributed by atoms with van der Waals surface area (Å²) in [7, 11) is 1.74. The zero-order valence-electron chi connectivity index (χ0n) is 28.7. The number of hydrogen-bond acceptors (Lipinski definition) is 4. The van der Waals surface area contributed by atoms with Gasteiger partial charge in [0.05, 0.1) is 5.41 Å². The third-order valence-corrected chi connectivity index (χ3v) is 12.4. The summed E-state index contributed by atoms with van der Waals surface area (Å²) in [4.78, 5) is 25.1. The summed E-state index contributed by atoms with van der Waals surface area (Å²) >= 11 is 0. The average Bonchev–Trinajstić information content (AvgIpc) is 3.01. The molecule has 0 aromatic heterocycles. The van der Waals surface area contributed by atoms with E-state index >= 15 is 0 Å². The van der Waals surface area contributed by atoms with Crippen LogP contribution in [0.25, 0.3) is 0 Å². The second kappa shape index (κ2) is 12.9. The fraction of sp³-hybridized carbons (Fsp3) is 0.641. The number of carbonyl (C=O) groups is 2. The number of carbonyl (C=O) groups excluding carboxylic acids is 2. The molecule has 2 aromatic rings. The monoisotopic (exact) mass is 602 g/mol. The van der Waals surface area contributed by atoms with Crippen LogP contribution in [0.4, 0.5) is 5.69 Å². The maximum absolute atomic E-state index is 12.6. The predicted octanol–water partition coefficient (Wildman–Crippen LogP) is 8.43. The van der Waals surface area contributed by atoms with Crippen molar-refractivity contribution in [3.63, 3.8) is 0 Å². The number of nitrogens with two attached hydrogens (primary N) is 1. The molecule has 0 spiro atoms. The third-order valence-electron chi connectivity index (χ3n) is 12.4. The van der Waals surface area contributed by atoms with Gasteiger partial charge in [0.25, 0.3) is 0 Å². The quantitative estimate of drug-likeness (QED) is 0.308. The number of ketones is 1. The highest BCUT2D eigenvalue weighted by molar-refractivity contribution is 5.85. The van der Waals surface area contributed by atoms with Crippen molar-refractivity contribution < 1.29 is 14.7 Å². The van der Waals surface area contributed by atoms with Crippen LogP contribution in [0.3, 0.4) is 0 Å². The molecule has 5 nitrogen and oxygen atoms in total. The second-order valence-corrected chi connectivity index (χ2v) is 14.7. The van der Waals surface area contributed by atoms with Crippen LogP contribution in [-0.4, -0.2) is 23.8 Å². The Labute approximate surface area is 266 Å². The second-order valence-electron chi connectivity index (χ2n) is 14.7. The third kappa shape index (κ3) is 5.58. The summed E-state index contributed by atoms with van der Waals surface area (Å²) in [5, 5.41) is 12.8. The van der Waals surface area contributed by atoms with E-state index in [4.69, 9.17) is 5.73 Å². The number of phenolic OH excluding ortho intramolecular Hbond substituents is 1. The lowest BCUT2D eigenvalue weighted by Gasteiger charge is -2.54. The van der Waals surface area contributed by atoms with E-state index in [1.165, 1.54) is 28.7 Å². The van der Waals surface area contributed by atoms with Crippen molar-refractivity contribution in [2.75, 3.05) is 12.8 Å². The Morgan fingerprint density at radius 2 is 1.32 bits per heavy atom. The molecule has 0 bridgehead atoms. The molecule has 1 amide bonds. The Morgan fingerprint density at radius 1 is 0.818 bits per heavy atom. The van der Waals surface area contributed by atoms with Gasteiger partial charge in [-0.15, -0.1) is 0 Å². The lowest BCUT2D eigenvalue weighted by Crippen LogP contribution is -2.54. The van der Waals surface area contributed by atoms with E-state index in [1.807, 2.05) is 32.9 Å². The Hall–Kier alpha value is -2.82. The molecule has 0 heterocycles. The summed E-state index contributed by atoms with van der Waals surface area (Å²) in [6.07, 6.45) is 11.4. The maximum Gasteiger partial charge on any atom is 0.225 e. The highest BCUT2D eigenvalue weighted by Gasteiger charge is 2.55. The molecule has 0 radical (unpaired) electrons. The molecular formula is C39H58N2O3. The zero-order chi connectivity index (χ0) is 32.5. The van der Waals surface area contributed by atoms with Gasteiger partial charge in [0.2, 0.25) is 5.91 Å². The minimum Gasteiger partial charge on any atom is -0.508 e. The molecule has 4 N–H and O–H groups in total. The highest BCUT2D eigenvalue weighted by Crippen LogP contribution is 2.59. The number of phenols is 1. The SMILES string of the molecule is CC.CCC(=O)[C@@]1(C)CCCC2(C)c3cc(N)ccc3CCC21.CNC(=O)[C@@]1(C)CCCC2(C)c3cc(O)ccc3CCC21. The molecule has 2 saturated carbocycles. The predicted molar refractivity (Wildman–Crippen MR) is 182 cm³/mol. The van der Waals surface area contributed by atoms with Gasteiger partial charge in [0, 0.05) is 24.6 Å². The van der Waals surface area contributed by atoms with Gasteiger partial charge < -0.3 is 16.2 Å². The fourth-order valence-corrected chi connectivity index (χ4v) is 10.2. The van der Waals surface area contributed by atoms with E-state index in [1.54, 1.807) is 13.1 Å². The molecule has 4 aliphatic rings. The van der Waals surface area contributed by atoms with Gasteiger partial charge in [-0.25, -0.2) is 0 Å². The molecule has 5 heteroatoms. The van der Waals surface area contributed by atoms with Gasteiger partial charge in [-0.1, -0.05) is 73.4 Å². The minimum atomic E-state index is -0.301. The van der Waals surface area contributed by atoms with Crippen LogP contribution < -0.4 is 11.1 Å². The van der Waals surface area contributed by atoms with Crippen molar-refractivity contribution in [1.82, 2.24) is 5.32 Å². The summed E-state index contributed by atoms with van der Waals surface area (Å²) in [6, 6.07) is 12.1. The Morgan fingerprint density at radius 3 is 1.86 bits per heavy atom. The first-order valence-electron chi connectivity index (χ1n) is 17.3. The van der Waals surface area contributed by atoms with Crippen molar-refractivity contribution in [3.8, 4) is 5.75 Å². The van der Waals surface area contributed by atoms with Gasteiger partial charge >= 0.3 is 0 Å². The Balaban J connectivity index is 0.000000190. The van der Waals surface area contributed by atoms with E-state index in [0.29, 0.717) is 29.8 Å². The van der Waals surface area contributed by atoms with E-state index in [9.17, 15) is 14.7 Å². The number of anilines is 1. The lowest BCUT2D eigenvalue weighted by molar-refractivity contribution is -0.138. The molecule has 6 atom stereocenters. The van der Waals surface area contributed by atoms with Crippen LogP contribution in [-0.2, 0) is 33.3 Å². The summed E-state index contributed by atoms with van der Waals surface area (Å²) < 4.78 is 0. The molecule has 2 fully saturated rings. The first-order valence-corrected chi connectivity index (χ1v) is 17.3. The maximum atomic E-state index is 12.6. The molecule has 6 rings (SSSR count). The number of amides is 1. The van der Waals surface area contributed by atoms with Crippen LogP contribution in [0.2, 0.25) is 0 Å². The lowest BCUT2D eigenvalue weighted by atomic mass is 9.48. The minimum absolute atomic E-state index is 0.00810. The summed E-state index contributed by atoms with van der Waals surface area (Å²) in [5.41, 5.74) is 12.0. The average molecular weight is 603 g/mol. The number of Topliss-reactive ketones (excluding diaryl/α,β-unsaturated/α-hetero) is 1. The molecule has 2 aromatic carbocycles. The Kier molecular flexibility index (Phi) is 9.98. The van der Waals surface area contributed by atoms with Crippen LogP contribution >= 0.6 is 0 Å². The smallest absolute Gasteiger partial charge is 0.225 e. The number of nitrogens with one attached hydrogen (secondary N) is 1.